The molecule has 1 saturated carbocycles. The molecule has 4 aromatic rings. The Bertz CT molecular complexity index is 1500. The average Bonchev–Trinajstić information content (AvgIpc) is 3.60. The van der Waals surface area contributed by atoms with Crippen molar-refractivity contribution in [2.45, 2.75) is 51.9 Å². The Hall–Kier alpha value is -4.00. The maximum absolute atomic E-state index is 12.3. The Morgan fingerprint density at radius 2 is 1.89 bits per heavy atom. The molecule has 7 heteroatoms. The van der Waals surface area contributed by atoms with Crippen LogP contribution in [0, 0.1) is 13.8 Å². The van der Waals surface area contributed by atoms with Gasteiger partial charge in [-0.15, -0.1) is 0 Å². The van der Waals surface area contributed by atoms with Crippen molar-refractivity contribution in [1.82, 2.24) is 24.8 Å². The lowest BCUT2D eigenvalue weighted by molar-refractivity contribution is 0.0930. The van der Waals surface area contributed by atoms with Gasteiger partial charge in [0.05, 0.1) is 12.0 Å². The van der Waals surface area contributed by atoms with E-state index in [9.17, 15) is 4.79 Å². The SMILES string of the molecule is Cc1cc(-c2ncc(C)c(Nc3ccc4c(c3)C(C)(C)CNC4=O)n2)ccc1-n1cnc(C2CC2)c1. The van der Waals surface area contributed by atoms with E-state index in [1.807, 2.05) is 31.6 Å². The van der Waals surface area contributed by atoms with Crippen molar-refractivity contribution in [3.63, 3.8) is 0 Å². The van der Waals surface area contributed by atoms with Gasteiger partial charge in [0.25, 0.3) is 5.91 Å². The molecule has 2 aromatic carbocycles. The van der Waals surface area contributed by atoms with E-state index in [2.05, 4.69) is 76.4 Å². The van der Waals surface area contributed by atoms with Gasteiger partial charge < -0.3 is 15.2 Å². The second-order valence-corrected chi connectivity index (χ2v) is 10.7. The number of benzene rings is 2. The molecule has 36 heavy (non-hydrogen) atoms. The third kappa shape index (κ3) is 4.04. The fraction of sp³-hybridized carbons (Fsp3) is 0.310. The number of hydrogen-bond acceptors (Lipinski definition) is 5. The Kier molecular flexibility index (Phi) is 5.18. The molecule has 0 atom stereocenters. The number of nitrogens with zero attached hydrogens (tertiary/aromatic N) is 4. The quantitative estimate of drug-likeness (QED) is 0.391. The van der Waals surface area contributed by atoms with Crippen LogP contribution in [0.1, 0.15) is 65.3 Å². The number of carbonyl (C=O) groups is 1. The Balaban J connectivity index is 1.29. The molecule has 2 aromatic heterocycles. The summed E-state index contributed by atoms with van der Waals surface area (Å²) in [6.45, 7) is 9.01. The van der Waals surface area contributed by atoms with Gasteiger partial charge in [-0.1, -0.05) is 13.8 Å². The number of carbonyl (C=O) groups excluding carboxylic acids is 1. The predicted octanol–water partition coefficient (Wildman–Crippen LogP) is 5.59. The topological polar surface area (TPSA) is 84.7 Å². The van der Waals surface area contributed by atoms with Crippen LogP contribution in [0.5, 0.6) is 0 Å². The summed E-state index contributed by atoms with van der Waals surface area (Å²) in [5.74, 6) is 2.04. The molecular weight excluding hydrogens is 448 g/mol. The Morgan fingerprint density at radius 3 is 2.67 bits per heavy atom. The van der Waals surface area contributed by atoms with E-state index < -0.39 is 0 Å². The summed E-state index contributed by atoms with van der Waals surface area (Å²) in [5, 5.41) is 6.44. The molecule has 2 aliphatic rings. The van der Waals surface area contributed by atoms with Crippen LogP contribution in [-0.4, -0.2) is 32.0 Å². The highest BCUT2D eigenvalue weighted by atomic mass is 16.1. The lowest BCUT2D eigenvalue weighted by Gasteiger charge is -2.32. The first-order valence-electron chi connectivity index (χ1n) is 12.5. The van der Waals surface area contributed by atoms with Crippen LogP contribution in [0.3, 0.4) is 0 Å². The number of rotatable bonds is 5. The highest BCUT2D eigenvalue weighted by Gasteiger charge is 2.31. The van der Waals surface area contributed by atoms with Crippen molar-refractivity contribution in [2.75, 3.05) is 11.9 Å². The lowest BCUT2D eigenvalue weighted by atomic mass is 9.79. The minimum absolute atomic E-state index is 0.0188. The third-order valence-electron chi connectivity index (χ3n) is 7.25. The Morgan fingerprint density at radius 1 is 1.06 bits per heavy atom. The summed E-state index contributed by atoms with van der Waals surface area (Å²) in [6.07, 6.45) is 8.39. The summed E-state index contributed by atoms with van der Waals surface area (Å²) in [7, 11) is 0. The summed E-state index contributed by atoms with van der Waals surface area (Å²) >= 11 is 0. The van der Waals surface area contributed by atoms with E-state index in [1.54, 1.807) is 0 Å². The fourth-order valence-corrected chi connectivity index (χ4v) is 4.86. The van der Waals surface area contributed by atoms with Crippen molar-refractivity contribution < 1.29 is 4.79 Å². The highest BCUT2D eigenvalue weighted by molar-refractivity contribution is 5.98. The van der Waals surface area contributed by atoms with E-state index in [1.165, 1.54) is 18.5 Å². The fourth-order valence-electron chi connectivity index (χ4n) is 4.86. The maximum atomic E-state index is 12.3. The predicted molar refractivity (Wildman–Crippen MR) is 141 cm³/mol. The van der Waals surface area contributed by atoms with Crippen LogP contribution in [-0.2, 0) is 5.41 Å². The van der Waals surface area contributed by atoms with E-state index in [0.29, 0.717) is 18.3 Å². The van der Waals surface area contributed by atoms with Crippen molar-refractivity contribution in [2.24, 2.45) is 0 Å². The minimum Gasteiger partial charge on any atom is -0.351 e. The molecule has 0 bridgehead atoms. The van der Waals surface area contributed by atoms with Crippen molar-refractivity contribution in [3.8, 4) is 17.1 Å². The van der Waals surface area contributed by atoms with Crippen LogP contribution < -0.4 is 10.6 Å². The molecule has 0 spiro atoms. The molecule has 0 radical (unpaired) electrons. The zero-order valence-electron chi connectivity index (χ0n) is 21.1. The van der Waals surface area contributed by atoms with Crippen LogP contribution in [0.2, 0.25) is 0 Å². The lowest BCUT2D eigenvalue weighted by Crippen LogP contribution is -2.43. The smallest absolute Gasteiger partial charge is 0.251 e. The number of amides is 1. The molecule has 3 heterocycles. The molecule has 0 saturated heterocycles. The summed E-state index contributed by atoms with van der Waals surface area (Å²) in [4.78, 5) is 26.4. The average molecular weight is 479 g/mol. The first-order valence-corrected chi connectivity index (χ1v) is 12.5. The number of hydrogen-bond donors (Lipinski definition) is 2. The summed E-state index contributed by atoms with van der Waals surface area (Å²) in [5.41, 5.74) is 7.89. The second-order valence-electron chi connectivity index (χ2n) is 10.7. The molecule has 1 aliphatic carbocycles. The zero-order valence-corrected chi connectivity index (χ0v) is 21.1. The highest BCUT2D eigenvalue weighted by Crippen LogP contribution is 2.39. The molecular formula is C29H30N6O. The van der Waals surface area contributed by atoms with Gasteiger partial charge in [-0.05, 0) is 74.2 Å². The van der Waals surface area contributed by atoms with Gasteiger partial charge in [-0.3, -0.25) is 4.79 Å². The first kappa shape index (κ1) is 22.5. The minimum atomic E-state index is -0.138. The number of nitrogens with one attached hydrogen (secondary N) is 2. The largest absolute Gasteiger partial charge is 0.351 e. The van der Waals surface area contributed by atoms with Crippen LogP contribution >= 0.6 is 0 Å². The van der Waals surface area contributed by atoms with Gasteiger partial charge in [-0.2, -0.15) is 0 Å². The number of fused-ring (bicyclic) bond motifs is 1. The summed E-state index contributed by atoms with van der Waals surface area (Å²) in [6, 6.07) is 12.2. The van der Waals surface area contributed by atoms with Crippen LogP contribution in [0.15, 0.2) is 55.1 Å². The van der Waals surface area contributed by atoms with E-state index in [0.717, 1.165) is 45.0 Å². The number of anilines is 2. The summed E-state index contributed by atoms with van der Waals surface area (Å²) < 4.78 is 2.10. The van der Waals surface area contributed by atoms with Gasteiger partial charge in [0.1, 0.15) is 5.82 Å². The standard InChI is InChI=1S/C29H30N6O/c1-17-11-20(7-10-25(17)35-14-24(32-16-35)19-5-6-19)27-30-13-18(2)26(34-27)33-21-8-9-22-23(12-21)29(3,4)15-31-28(22)36/h7-14,16,19H,5-6,15H2,1-4H3,(H,31,36)(H,30,33,34). The van der Waals surface area contributed by atoms with Gasteiger partial charge in [0, 0.05) is 58.3 Å². The van der Waals surface area contributed by atoms with E-state index in [-0.39, 0.29) is 11.3 Å². The van der Waals surface area contributed by atoms with Gasteiger partial charge >= 0.3 is 0 Å². The molecule has 0 unspecified atom stereocenters. The maximum Gasteiger partial charge on any atom is 0.251 e. The van der Waals surface area contributed by atoms with Crippen LogP contribution in [0.25, 0.3) is 17.1 Å². The van der Waals surface area contributed by atoms with Gasteiger partial charge in [-0.25, -0.2) is 15.0 Å². The monoisotopic (exact) mass is 478 g/mol. The molecule has 1 amide bonds. The van der Waals surface area contributed by atoms with Gasteiger partial charge in [0.2, 0.25) is 0 Å². The molecule has 2 N–H and O–H groups in total. The normalized spacial score (nSPS) is 16.4. The zero-order chi connectivity index (χ0) is 25.0. The van der Waals surface area contributed by atoms with Crippen molar-refractivity contribution in [3.05, 3.63) is 83.1 Å². The van der Waals surface area contributed by atoms with Crippen molar-refractivity contribution >= 4 is 17.4 Å². The van der Waals surface area contributed by atoms with Crippen LogP contribution in [0.4, 0.5) is 11.5 Å². The van der Waals surface area contributed by atoms with Gasteiger partial charge in [0.15, 0.2) is 5.82 Å². The molecule has 1 fully saturated rings. The molecule has 1 aliphatic heterocycles. The number of aromatic nitrogens is 4. The Labute approximate surface area is 211 Å². The molecule has 7 nitrogen and oxygen atoms in total. The van der Waals surface area contributed by atoms with Crippen molar-refractivity contribution in [1.29, 1.82) is 0 Å². The number of aryl methyl sites for hydroxylation is 2. The second kappa shape index (κ2) is 8.29. The third-order valence-corrected chi connectivity index (χ3v) is 7.25. The first-order chi connectivity index (χ1) is 17.3. The van der Waals surface area contributed by atoms with E-state index in [4.69, 9.17) is 4.98 Å². The van der Waals surface area contributed by atoms with E-state index >= 15 is 0 Å². The molecule has 6 rings (SSSR count). The molecule has 182 valence electrons. The number of imidazole rings is 1.